The van der Waals surface area contributed by atoms with Crippen molar-refractivity contribution < 1.29 is 33.3 Å². The molecule has 0 aliphatic carbocycles. The lowest BCUT2D eigenvalue weighted by molar-refractivity contribution is -0.145. The molecule has 0 unspecified atom stereocenters. The second kappa shape index (κ2) is 22.4. The Morgan fingerprint density at radius 3 is 2.33 bits per heavy atom. The molecule has 0 spiro atoms. The monoisotopic (exact) mass is 801 g/mol. The van der Waals surface area contributed by atoms with Crippen LogP contribution < -0.4 is 10.7 Å². The molecule has 1 amide bonds. The van der Waals surface area contributed by atoms with Gasteiger partial charge in [0.2, 0.25) is 5.43 Å². The van der Waals surface area contributed by atoms with Gasteiger partial charge in [-0.3, -0.25) is 14.4 Å². The van der Waals surface area contributed by atoms with Crippen LogP contribution in [0.5, 0.6) is 5.75 Å². The summed E-state index contributed by atoms with van der Waals surface area (Å²) in [5.74, 6) is -1.47. The summed E-state index contributed by atoms with van der Waals surface area (Å²) in [6, 6.07) is 16.0. The second-order valence-corrected chi connectivity index (χ2v) is 14.6. The van der Waals surface area contributed by atoms with Crippen LogP contribution in [0.4, 0.5) is 4.39 Å². The summed E-state index contributed by atoms with van der Waals surface area (Å²) in [5, 5.41) is 23.4. The van der Waals surface area contributed by atoms with Crippen LogP contribution in [-0.2, 0) is 38.6 Å². The van der Waals surface area contributed by atoms with Crippen molar-refractivity contribution in [2.45, 2.75) is 98.1 Å². The normalized spacial score (nSPS) is 14.2. The molecule has 12 nitrogen and oxygen atoms in total. The van der Waals surface area contributed by atoms with Gasteiger partial charge in [0.1, 0.15) is 17.4 Å². The number of hydrogen-bond donors (Lipinski definition) is 2. The topological polar surface area (TPSA) is 145 Å². The number of nitrogens with zero attached hydrogens (tertiary/aromatic N) is 4. The fourth-order valence-electron chi connectivity index (χ4n) is 6.08. The van der Waals surface area contributed by atoms with Crippen LogP contribution in [-0.4, -0.2) is 87.2 Å². The molecule has 1 aliphatic rings. The fourth-order valence-corrected chi connectivity index (χ4v) is 6.96. The summed E-state index contributed by atoms with van der Waals surface area (Å²) < 4.78 is 31.1. The molecule has 2 N–H and O–H groups in total. The van der Waals surface area contributed by atoms with Gasteiger partial charge in [-0.05, 0) is 57.4 Å². The predicted molar refractivity (Wildman–Crippen MR) is 213 cm³/mol. The van der Waals surface area contributed by atoms with E-state index in [1.165, 1.54) is 23.5 Å². The Morgan fingerprint density at radius 1 is 1.00 bits per heavy atom. The molecule has 0 radical (unpaired) electrons. The third-order valence-corrected chi connectivity index (χ3v) is 9.52. The first-order chi connectivity index (χ1) is 25.9. The number of aromatic nitrogens is 3. The fraction of sp³-hybridized carbons (Fsp3) is 0.475. The minimum atomic E-state index is -0.661. The van der Waals surface area contributed by atoms with E-state index in [0.29, 0.717) is 68.5 Å². The maximum absolute atomic E-state index is 13.2. The first kappa shape index (κ1) is 45.2. The molecule has 2 aromatic carbocycles. The van der Waals surface area contributed by atoms with Crippen molar-refractivity contribution in [3.63, 3.8) is 0 Å². The Labute approximate surface area is 332 Å². The average Bonchev–Trinajstić information content (AvgIpc) is 3.61. The Hall–Kier alpha value is -4.21. The predicted octanol–water partition coefficient (Wildman–Crippen LogP) is 6.41. The van der Waals surface area contributed by atoms with E-state index >= 15 is 0 Å². The van der Waals surface area contributed by atoms with Crippen molar-refractivity contribution in [2.24, 2.45) is 0 Å². The van der Waals surface area contributed by atoms with Crippen molar-refractivity contribution >= 4 is 35.6 Å². The Balaban J connectivity index is 0.000000321. The number of pyridine rings is 1. The molecule has 2 aromatic heterocycles. The number of amides is 1. The van der Waals surface area contributed by atoms with Crippen molar-refractivity contribution in [2.75, 3.05) is 26.4 Å². The number of hydrogen-bond acceptors (Lipinski definition) is 11. The first-order valence-corrected chi connectivity index (χ1v) is 19.2. The molecule has 1 aliphatic heterocycles. The quantitative estimate of drug-likeness (QED) is 0.115. The molecular weight excluding hydrogens is 749 g/mol. The maximum Gasteiger partial charge on any atom is 0.306 e. The molecule has 5 rings (SSSR count). The smallest absolute Gasteiger partial charge is 0.306 e. The molecule has 15 heteroatoms. The van der Waals surface area contributed by atoms with Gasteiger partial charge in [-0.1, -0.05) is 67.6 Å². The van der Waals surface area contributed by atoms with Gasteiger partial charge in [-0.2, -0.15) is 0 Å². The summed E-state index contributed by atoms with van der Waals surface area (Å²) in [4.78, 5) is 39.6. The van der Waals surface area contributed by atoms with Crippen LogP contribution in [0.2, 0.25) is 0 Å². The number of esters is 1. The van der Waals surface area contributed by atoms with Gasteiger partial charge < -0.3 is 34.1 Å². The summed E-state index contributed by atoms with van der Waals surface area (Å²) in [6.07, 6.45) is 3.14. The van der Waals surface area contributed by atoms with Crippen LogP contribution >= 0.6 is 23.7 Å². The van der Waals surface area contributed by atoms with Gasteiger partial charge in [0.15, 0.2) is 16.5 Å². The zero-order chi connectivity index (χ0) is 39.2. The van der Waals surface area contributed by atoms with Gasteiger partial charge in [0.05, 0.1) is 24.8 Å². The SMILES string of the molecule is CCOC[C@@H]1Cn2cc(-c3nnc(Cc4ccc(F)cc4)s3)c(=O)c(O)c2C(=O)N1C(C)C.CCOC[C@H](CCC(=O)OCc1ccccc1)NC(C)C.Cl. The minimum absolute atomic E-state index is 0. The maximum atomic E-state index is 13.2. The highest BCUT2D eigenvalue weighted by atomic mass is 35.5. The highest BCUT2D eigenvalue weighted by Crippen LogP contribution is 2.30. The zero-order valence-corrected chi connectivity index (χ0v) is 34.0. The summed E-state index contributed by atoms with van der Waals surface area (Å²) in [7, 11) is 0. The Kier molecular flexibility index (Phi) is 18.4. The second-order valence-electron chi connectivity index (χ2n) is 13.5. The van der Waals surface area contributed by atoms with Crippen LogP contribution in [0.25, 0.3) is 10.6 Å². The van der Waals surface area contributed by atoms with E-state index in [9.17, 15) is 23.9 Å². The largest absolute Gasteiger partial charge is 0.503 e. The van der Waals surface area contributed by atoms with Crippen LogP contribution in [0.3, 0.4) is 0 Å². The number of carbonyl (C=O) groups excluding carboxylic acids is 2. The highest BCUT2D eigenvalue weighted by molar-refractivity contribution is 7.14. The van der Waals surface area contributed by atoms with Gasteiger partial charge in [0, 0.05) is 56.9 Å². The zero-order valence-electron chi connectivity index (χ0n) is 32.3. The van der Waals surface area contributed by atoms with E-state index in [-0.39, 0.29) is 53.6 Å². The van der Waals surface area contributed by atoms with Crippen LogP contribution in [0.15, 0.2) is 65.6 Å². The molecule has 3 heterocycles. The molecule has 0 bridgehead atoms. The molecule has 0 fully saturated rings. The molecular formula is C40H53ClFN5O7S. The third kappa shape index (κ3) is 13.2. The van der Waals surface area contributed by atoms with Crippen LogP contribution in [0.1, 0.15) is 81.0 Å². The van der Waals surface area contributed by atoms with Gasteiger partial charge in [0.25, 0.3) is 5.91 Å². The lowest BCUT2D eigenvalue weighted by Gasteiger charge is -2.40. The summed E-state index contributed by atoms with van der Waals surface area (Å²) in [6.45, 7) is 14.7. The number of ether oxygens (including phenoxy) is 3. The van der Waals surface area contributed by atoms with Crippen LogP contribution in [0, 0.1) is 5.82 Å². The number of nitrogens with one attached hydrogen (secondary N) is 1. The van der Waals surface area contributed by atoms with Crippen molar-refractivity contribution in [3.05, 3.63) is 98.7 Å². The molecule has 300 valence electrons. The number of halogens is 2. The van der Waals surface area contributed by atoms with E-state index in [0.717, 1.165) is 17.5 Å². The van der Waals surface area contributed by atoms with Gasteiger partial charge >= 0.3 is 5.97 Å². The molecule has 2 atom stereocenters. The Morgan fingerprint density at radius 2 is 1.69 bits per heavy atom. The van der Waals surface area contributed by atoms with Crippen molar-refractivity contribution in [3.8, 4) is 16.3 Å². The van der Waals surface area contributed by atoms with Crippen molar-refractivity contribution in [1.29, 1.82) is 0 Å². The lowest BCUT2D eigenvalue weighted by Crippen LogP contribution is -2.53. The number of carbonyl (C=O) groups is 2. The molecule has 4 aromatic rings. The van der Waals surface area contributed by atoms with Gasteiger partial charge in [-0.25, -0.2) is 4.39 Å². The average molecular weight is 802 g/mol. The van der Waals surface area contributed by atoms with E-state index in [2.05, 4.69) is 29.4 Å². The first-order valence-electron chi connectivity index (χ1n) is 18.4. The highest BCUT2D eigenvalue weighted by Gasteiger charge is 2.37. The number of fused-ring (bicyclic) bond motifs is 1. The summed E-state index contributed by atoms with van der Waals surface area (Å²) in [5.41, 5.74) is 1.37. The van der Waals surface area contributed by atoms with E-state index < -0.39 is 17.1 Å². The molecule has 0 saturated heterocycles. The van der Waals surface area contributed by atoms with Crippen molar-refractivity contribution in [1.82, 2.24) is 25.0 Å². The molecule has 0 saturated carbocycles. The number of rotatable bonds is 17. The standard InChI is InChI=1S/C23H25FN4O4S.C17H27NO3.ClH/c1-4-32-12-16-10-27-11-17(20(29)21(30)19(27)23(31)28(16)13(2)3)22-26-25-18(33-22)9-14-5-7-15(24)8-6-14;1-4-20-13-16(18-14(2)3)10-11-17(19)21-12-15-8-6-5-7-9-15;/h5-8,11,13,16,30H,4,9-10,12H2,1-3H3;5-9,14,16,18H,4,10-13H2,1-3H3;1H/t2*16-;/m00./s1. The Bertz CT molecular complexity index is 1860. The third-order valence-electron chi connectivity index (χ3n) is 8.56. The number of benzene rings is 2. The molecule has 55 heavy (non-hydrogen) atoms. The minimum Gasteiger partial charge on any atom is -0.503 e. The van der Waals surface area contributed by atoms with E-state index in [1.807, 2.05) is 58.0 Å². The summed E-state index contributed by atoms with van der Waals surface area (Å²) >= 11 is 1.22. The van der Waals surface area contributed by atoms with E-state index in [1.54, 1.807) is 27.8 Å². The number of aromatic hydroxyl groups is 1. The lowest BCUT2D eigenvalue weighted by atomic mass is 10.1. The van der Waals surface area contributed by atoms with Gasteiger partial charge in [-0.15, -0.1) is 22.6 Å². The van der Waals surface area contributed by atoms with E-state index in [4.69, 9.17) is 14.2 Å².